The van der Waals surface area contributed by atoms with E-state index in [1.54, 1.807) is 23.3 Å². The van der Waals surface area contributed by atoms with Crippen LogP contribution in [0.4, 0.5) is 10.6 Å². The predicted octanol–water partition coefficient (Wildman–Crippen LogP) is 4.52. The minimum absolute atomic E-state index is 0.0681. The number of fused-ring (bicyclic) bond motifs is 2. The third kappa shape index (κ3) is 4.54. The van der Waals surface area contributed by atoms with Gasteiger partial charge in [-0.3, -0.25) is 0 Å². The third-order valence-corrected chi connectivity index (χ3v) is 7.01. The molecule has 4 heterocycles. The van der Waals surface area contributed by atoms with Gasteiger partial charge >= 0.3 is 6.09 Å². The van der Waals surface area contributed by atoms with Gasteiger partial charge in [0.15, 0.2) is 5.65 Å². The van der Waals surface area contributed by atoms with Crippen molar-refractivity contribution < 1.29 is 14.3 Å². The first kappa shape index (κ1) is 23.9. The van der Waals surface area contributed by atoms with E-state index in [-0.39, 0.29) is 12.1 Å². The highest BCUT2D eigenvalue weighted by Crippen LogP contribution is 2.35. The van der Waals surface area contributed by atoms with Crippen LogP contribution in [0.5, 0.6) is 5.75 Å². The largest absolute Gasteiger partial charge is 0.495 e. The van der Waals surface area contributed by atoms with E-state index in [2.05, 4.69) is 33.9 Å². The number of likely N-dealkylation sites (tertiary alicyclic amines) is 1. The number of methoxy groups -OCH3 is 1. The number of carbonyl (C=O) groups is 1. The molecule has 1 aromatic carbocycles. The van der Waals surface area contributed by atoms with Crippen LogP contribution < -0.4 is 10.5 Å². The van der Waals surface area contributed by atoms with Gasteiger partial charge in [0.1, 0.15) is 29.2 Å². The molecule has 0 unspecified atom stereocenters. The molecule has 186 valence electrons. The Labute approximate surface area is 213 Å². The maximum Gasteiger partial charge on any atom is 0.410 e. The standard InChI is InChI=1S/C26H28N6O3S/c1-15-10-16-12-18(36-22(16)20(11-15)34-5)6-7-19-21-23(27)28-14-29-24(21)32(30-19)17-8-9-31(13-17)25(33)35-26(2,3)4/h10-12,14,17H,8-9,13H2,1-5H3,(H2,27,28,29)/t17-/m0/s1. The van der Waals surface area contributed by atoms with Crippen molar-refractivity contribution in [3.8, 4) is 17.6 Å². The van der Waals surface area contributed by atoms with E-state index in [4.69, 9.17) is 20.3 Å². The first-order valence-electron chi connectivity index (χ1n) is 11.7. The summed E-state index contributed by atoms with van der Waals surface area (Å²) in [6, 6.07) is 6.12. The zero-order chi connectivity index (χ0) is 25.6. The van der Waals surface area contributed by atoms with Crippen LogP contribution in [0.3, 0.4) is 0 Å². The maximum absolute atomic E-state index is 12.6. The lowest BCUT2D eigenvalue weighted by Gasteiger charge is -2.24. The van der Waals surface area contributed by atoms with Crippen LogP contribution in [-0.2, 0) is 4.74 Å². The van der Waals surface area contributed by atoms with Gasteiger partial charge in [-0.05, 0) is 69.0 Å². The number of aromatic nitrogens is 4. The Hall–Kier alpha value is -3.84. The highest BCUT2D eigenvalue weighted by molar-refractivity contribution is 7.20. The fourth-order valence-electron chi connectivity index (χ4n) is 4.37. The summed E-state index contributed by atoms with van der Waals surface area (Å²) in [4.78, 5) is 23.8. The van der Waals surface area contributed by atoms with Gasteiger partial charge in [0.25, 0.3) is 0 Å². The second kappa shape index (κ2) is 8.99. The summed E-state index contributed by atoms with van der Waals surface area (Å²) in [6.45, 7) is 8.66. The van der Waals surface area contributed by atoms with Gasteiger partial charge in [-0.1, -0.05) is 6.07 Å². The number of nitrogens with two attached hydrogens (primary N) is 1. The number of thiophene rings is 1. The van der Waals surface area contributed by atoms with Crippen molar-refractivity contribution in [2.24, 2.45) is 0 Å². The van der Waals surface area contributed by atoms with Gasteiger partial charge in [0, 0.05) is 13.1 Å². The summed E-state index contributed by atoms with van der Waals surface area (Å²) >= 11 is 1.57. The maximum atomic E-state index is 12.6. The topological polar surface area (TPSA) is 108 Å². The Morgan fingerprint density at radius 2 is 2.03 bits per heavy atom. The number of ether oxygens (including phenoxy) is 2. The molecule has 5 rings (SSSR count). The number of nitrogen functional groups attached to an aromatic ring is 1. The van der Waals surface area contributed by atoms with E-state index in [1.165, 1.54) is 6.33 Å². The van der Waals surface area contributed by atoms with Crippen LogP contribution in [0.1, 0.15) is 49.4 Å². The predicted molar refractivity (Wildman–Crippen MR) is 140 cm³/mol. The van der Waals surface area contributed by atoms with Crippen molar-refractivity contribution in [1.29, 1.82) is 0 Å². The molecule has 0 bridgehead atoms. The highest BCUT2D eigenvalue weighted by Gasteiger charge is 2.32. The van der Waals surface area contributed by atoms with Crippen molar-refractivity contribution in [1.82, 2.24) is 24.6 Å². The van der Waals surface area contributed by atoms with Crippen molar-refractivity contribution in [3.63, 3.8) is 0 Å². The smallest absolute Gasteiger partial charge is 0.410 e. The molecule has 1 aliphatic heterocycles. The van der Waals surface area contributed by atoms with E-state index >= 15 is 0 Å². The summed E-state index contributed by atoms with van der Waals surface area (Å²) in [5.74, 6) is 7.59. The molecule has 1 atom stereocenters. The van der Waals surface area contributed by atoms with Crippen molar-refractivity contribution in [2.75, 3.05) is 25.9 Å². The van der Waals surface area contributed by atoms with Crippen molar-refractivity contribution in [3.05, 3.63) is 40.7 Å². The minimum Gasteiger partial charge on any atom is -0.495 e. The molecule has 2 N–H and O–H groups in total. The number of hydrogen-bond acceptors (Lipinski definition) is 8. The molecular formula is C26H28N6O3S. The van der Waals surface area contributed by atoms with Gasteiger partial charge in [-0.25, -0.2) is 19.4 Å². The molecule has 0 radical (unpaired) electrons. The zero-order valence-corrected chi connectivity index (χ0v) is 21.8. The highest BCUT2D eigenvalue weighted by atomic mass is 32.1. The van der Waals surface area contributed by atoms with Crippen LogP contribution in [0.15, 0.2) is 24.5 Å². The van der Waals surface area contributed by atoms with Gasteiger partial charge in [0.2, 0.25) is 0 Å². The number of nitrogens with zero attached hydrogens (tertiary/aromatic N) is 5. The molecule has 4 aromatic rings. The molecule has 3 aromatic heterocycles. The van der Waals surface area contributed by atoms with Gasteiger partial charge in [-0.15, -0.1) is 11.3 Å². The van der Waals surface area contributed by atoms with Gasteiger partial charge in [-0.2, -0.15) is 5.10 Å². The number of carbonyl (C=O) groups excluding carboxylic acids is 1. The average Bonchev–Trinajstić information content (AvgIpc) is 3.53. The Kier molecular flexibility index (Phi) is 5.96. The lowest BCUT2D eigenvalue weighted by Crippen LogP contribution is -2.35. The summed E-state index contributed by atoms with van der Waals surface area (Å²) in [7, 11) is 1.67. The molecule has 1 saturated heterocycles. The summed E-state index contributed by atoms with van der Waals surface area (Å²) in [5, 5.41) is 6.49. The molecule has 1 aliphatic rings. The van der Waals surface area contributed by atoms with Crippen molar-refractivity contribution in [2.45, 2.75) is 45.8 Å². The van der Waals surface area contributed by atoms with Gasteiger partial charge < -0.3 is 20.1 Å². The van der Waals surface area contributed by atoms with E-state index in [0.717, 1.165) is 32.7 Å². The molecule has 0 aliphatic carbocycles. The molecule has 0 spiro atoms. The number of aryl methyl sites for hydroxylation is 1. The lowest BCUT2D eigenvalue weighted by molar-refractivity contribution is 0.0288. The number of benzene rings is 1. The van der Waals surface area contributed by atoms with Crippen LogP contribution in [0.25, 0.3) is 21.1 Å². The summed E-state index contributed by atoms with van der Waals surface area (Å²) < 4.78 is 14.0. The Balaban J connectivity index is 1.49. The molecule has 9 nitrogen and oxygen atoms in total. The van der Waals surface area contributed by atoms with Crippen LogP contribution in [0.2, 0.25) is 0 Å². The molecule has 0 saturated carbocycles. The van der Waals surface area contributed by atoms with Crippen molar-refractivity contribution >= 4 is 44.4 Å². The number of hydrogen-bond donors (Lipinski definition) is 1. The van der Waals surface area contributed by atoms with Crippen LogP contribution in [0, 0.1) is 18.8 Å². The fourth-order valence-corrected chi connectivity index (χ4v) is 5.36. The Morgan fingerprint density at radius 3 is 2.78 bits per heavy atom. The molecular weight excluding hydrogens is 476 g/mol. The molecule has 1 fully saturated rings. The van der Waals surface area contributed by atoms with Gasteiger partial charge in [0.05, 0.1) is 28.1 Å². The monoisotopic (exact) mass is 504 g/mol. The number of rotatable bonds is 2. The molecule has 36 heavy (non-hydrogen) atoms. The van der Waals surface area contributed by atoms with E-state index < -0.39 is 5.60 Å². The first-order chi connectivity index (χ1) is 17.1. The molecule has 1 amide bonds. The number of amides is 1. The number of anilines is 1. The Morgan fingerprint density at radius 1 is 1.22 bits per heavy atom. The van der Waals surface area contributed by atoms with Crippen LogP contribution in [-0.4, -0.2) is 56.5 Å². The lowest BCUT2D eigenvalue weighted by atomic mass is 10.1. The van der Waals surface area contributed by atoms with E-state index in [0.29, 0.717) is 35.6 Å². The second-order valence-corrected chi connectivity index (χ2v) is 10.9. The fraction of sp³-hybridized carbons (Fsp3) is 0.385. The summed E-state index contributed by atoms with van der Waals surface area (Å²) in [5.41, 5.74) is 7.93. The normalized spacial score (nSPS) is 15.8. The zero-order valence-electron chi connectivity index (χ0n) is 21.0. The second-order valence-electron chi connectivity index (χ2n) is 9.87. The van der Waals surface area contributed by atoms with Crippen LogP contribution >= 0.6 is 11.3 Å². The Bertz CT molecular complexity index is 1540. The third-order valence-electron chi connectivity index (χ3n) is 5.93. The summed E-state index contributed by atoms with van der Waals surface area (Å²) in [6.07, 6.45) is 1.82. The minimum atomic E-state index is -0.548. The molecule has 10 heteroatoms. The SMILES string of the molecule is COc1cc(C)cc2cc(C#Cc3nn([C@H]4CCN(C(=O)OC(C)(C)C)C4)c4ncnc(N)c34)sc12. The van der Waals surface area contributed by atoms with E-state index in [9.17, 15) is 4.79 Å². The average molecular weight is 505 g/mol. The van der Waals surface area contributed by atoms with E-state index in [1.807, 2.05) is 38.4 Å². The quantitative estimate of drug-likeness (QED) is 0.400. The first-order valence-corrected chi connectivity index (χ1v) is 12.5.